The summed E-state index contributed by atoms with van der Waals surface area (Å²) in [5.74, 6) is 1.15. The standard InChI is InChI=1S/C14H19F3N2/c1-9-2-3-10(6-9)8-19-13-5-4-11(18)7-12(13)14(15,16)17/h4-5,7,9-10,19H,2-3,6,8,18H2,1H3. The summed E-state index contributed by atoms with van der Waals surface area (Å²) < 4.78 is 38.7. The van der Waals surface area contributed by atoms with Gasteiger partial charge in [0.25, 0.3) is 0 Å². The molecule has 2 unspecified atom stereocenters. The number of nitrogens with two attached hydrogens (primary N) is 1. The predicted molar refractivity (Wildman–Crippen MR) is 70.9 cm³/mol. The first kappa shape index (κ1) is 14.0. The molecule has 0 aliphatic heterocycles. The van der Waals surface area contributed by atoms with Gasteiger partial charge >= 0.3 is 6.18 Å². The highest BCUT2D eigenvalue weighted by Gasteiger charge is 2.34. The van der Waals surface area contributed by atoms with Crippen molar-refractivity contribution in [3.8, 4) is 0 Å². The number of anilines is 2. The van der Waals surface area contributed by atoms with E-state index in [9.17, 15) is 13.2 Å². The summed E-state index contributed by atoms with van der Waals surface area (Å²) in [4.78, 5) is 0. The molecule has 2 rings (SSSR count). The van der Waals surface area contributed by atoms with E-state index in [2.05, 4.69) is 12.2 Å². The third-order valence-corrected chi connectivity index (χ3v) is 3.73. The largest absolute Gasteiger partial charge is 0.418 e. The molecule has 1 fully saturated rings. The Morgan fingerprint density at radius 1 is 1.32 bits per heavy atom. The van der Waals surface area contributed by atoms with E-state index < -0.39 is 11.7 Å². The van der Waals surface area contributed by atoms with Crippen LogP contribution >= 0.6 is 0 Å². The van der Waals surface area contributed by atoms with Crippen molar-refractivity contribution < 1.29 is 13.2 Å². The monoisotopic (exact) mass is 272 g/mol. The molecular weight excluding hydrogens is 253 g/mol. The van der Waals surface area contributed by atoms with E-state index >= 15 is 0 Å². The lowest BCUT2D eigenvalue weighted by atomic mass is 10.1. The van der Waals surface area contributed by atoms with Crippen LogP contribution in [0.2, 0.25) is 0 Å². The maximum absolute atomic E-state index is 12.9. The minimum atomic E-state index is -4.37. The molecule has 5 heteroatoms. The lowest BCUT2D eigenvalue weighted by molar-refractivity contribution is -0.136. The van der Waals surface area contributed by atoms with Gasteiger partial charge in [-0.15, -0.1) is 0 Å². The Labute approximate surface area is 111 Å². The summed E-state index contributed by atoms with van der Waals surface area (Å²) in [6.45, 7) is 2.78. The van der Waals surface area contributed by atoms with Crippen molar-refractivity contribution >= 4 is 11.4 Å². The normalized spacial score (nSPS) is 23.6. The van der Waals surface area contributed by atoms with E-state index in [1.54, 1.807) is 0 Å². The average Bonchev–Trinajstić information content (AvgIpc) is 2.72. The van der Waals surface area contributed by atoms with Gasteiger partial charge in [0.05, 0.1) is 5.56 Å². The highest BCUT2D eigenvalue weighted by molar-refractivity contribution is 5.59. The molecule has 0 heterocycles. The van der Waals surface area contributed by atoms with Crippen molar-refractivity contribution in [3.63, 3.8) is 0 Å². The van der Waals surface area contributed by atoms with Crippen LogP contribution in [0.3, 0.4) is 0 Å². The van der Waals surface area contributed by atoms with E-state index in [1.165, 1.54) is 18.6 Å². The van der Waals surface area contributed by atoms with E-state index in [4.69, 9.17) is 5.73 Å². The van der Waals surface area contributed by atoms with Crippen LogP contribution in [-0.4, -0.2) is 6.54 Å². The number of hydrogen-bond donors (Lipinski definition) is 2. The molecule has 0 spiro atoms. The van der Waals surface area contributed by atoms with Crippen LogP contribution in [0.5, 0.6) is 0 Å². The molecule has 3 N–H and O–H groups in total. The molecule has 1 aromatic rings. The molecule has 2 nitrogen and oxygen atoms in total. The lowest BCUT2D eigenvalue weighted by Gasteiger charge is -2.17. The first-order chi connectivity index (χ1) is 8.86. The van der Waals surface area contributed by atoms with Crippen molar-refractivity contribution in [2.24, 2.45) is 11.8 Å². The van der Waals surface area contributed by atoms with Crippen molar-refractivity contribution in [2.45, 2.75) is 32.4 Å². The number of benzene rings is 1. The number of rotatable bonds is 3. The second kappa shape index (κ2) is 5.31. The first-order valence-corrected chi connectivity index (χ1v) is 6.57. The second-order valence-electron chi connectivity index (χ2n) is 5.47. The number of halogens is 3. The molecule has 1 aliphatic rings. The molecular formula is C14H19F3N2. The maximum atomic E-state index is 12.9. The predicted octanol–water partition coefficient (Wildman–Crippen LogP) is 4.14. The molecule has 0 radical (unpaired) electrons. The molecule has 0 aromatic heterocycles. The van der Waals surface area contributed by atoms with Gasteiger partial charge in [-0.25, -0.2) is 0 Å². The van der Waals surface area contributed by atoms with Gasteiger partial charge in [0.1, 0.15) is 0 Å². The Bertz CT molecular complexity index is 443. The summed E-state index contributed by atoms with van der Waals surface area (Å²) in [5.41, 5.74) is 5.01. The van der Waals surface area contributed by atoms with Crippen LogP contribution in [0.4, 0.5) is 24.5 Å². The van der Waals surface area contributed by atoms with Gasteiger partial charge in [0.2, 0.25) is 0 Å². The van der Waals surface area contributed by atoms with Gasteiger partial charge in [-0.05, 0) is 42.9 Å². The molecule has 19 heavy (non-hydrogen) atoms. The molecule has 1 aliphatic carbocycles. The Morgan fingerprint density at radius 2 is 2.05 bits per heavy atom. The Hall–Kier alpha value is -1.39. The van der Waals surface area contributed by atoms with Gasteiger partial charge in [0.15, 0.2) is 0 Å². The Balaban J connectivity index is 2.07. The Morgan fingerprint density at radius 3 is 2.63 bits per heavy atom. The Kier molecular flexibility index (Phi) is 3.92. The fraction of sp³-hybridized carbons (Fsp3) is 0.571. The summed E-state index contributed by atoms with van der Waals surface area (Å²) in [6, 6.07) is 3.89. The molecule has 0 saturated heterocycles. The molecule has 0 bridgehead atoms. The summed E-state index contributed by atoms with van der Waals surface area (Å²) in [7, 11) is 0. The molecule has 1 aromatic carbocycles. The third kappa shape index (κ3) is 3.55. The zero-order chi connectivity index (χ0) is 14.0. The lowest BCUT2D eigenvalue weighted by Crippen LogP contribution is -2.16. The number of nitrogen functional groups attached to an aromatic ring is 1. The van der Waals surface area contributed by atoms with Gasteiger partial charge in [-0.2, -0.15) is 13.2 Å². The average molecular weight is 272 g/mol. The van der Waals surface area contributed by atoms with Gasteiger partial charge in [-0.3, -0.25) is 0 Å². The van der Waals surface area contributed by atoms with Crippen LogP contribution in [-0.2, 0) is 6.18 Å². The van der Waals surface area contributed by atoms with E-state index in [1.807, 2.05) is 0 Å². The number of hydrogen-bond acceptors (Lipinski definition) is 2. The van der Waals surface area contributed by atoms with E-state index in [0.29, 0.717) is 18.4 Å². The summed E-state index contributed by atoms with van der Waals surface area (Å²) in [6.07, 6.45) is -1.03. The van der Waals surface area contributed by atoms with Crippen molar-refractivity contribution in [3.05, 3.63) is 23.8 Å². The molecule has 106 valence electrons. The van der Waals surface area contributed by atoms with Crippen LogP contribution in [0.25, 0.3) is 0 Å². The fourth-order valence-electron chi connectivity index (χ4n) is 2.72. The quantitative estimate of drug-likeness (QED) is 0.812. The maximum Gasteiger partial charge on any atom is 0.418 e. The minimum absolute atomic E-state index is 0.126. The van der Waals surface area contributed by atoms with Gasteiger partial charge in [0, 0.05) is 17.9 Å². The first-order valence-electron chi connectivity index (χ1n) is 6.57. The van der Waals surface area contributed by atoms with Crippen molar-refractivity contribution in [2.75, 3.05) is 17.6 Å². The van der Waals surface area contributed by atoms with E-state index in [-0.39, 0.29) is 11.4 Å². The molecule has 1 saturated carbocycles. The zero-order valence-corrected chi connectivity index (χ0v) is 10.9. The topological polar surface area (TPSA) is 38.0 Å². The zero-order valence-electron chi connectivity index (χ0n) is 10.9. The number of nitrogens with one attached hydrogen (secondary N) is 1. The minimum Gasteiger partial charge on any atom is -0.399 e. The van der Waals surface area contributed by atoms with Crippen molar-refractivity contribution in [1.82, 2.24) is 0 Å². The van der Waals surface area contributed by atoms with Crippen molar-refractivity contribution in [1.29, 1.82) is 0 Å². The second-order valence-corrected chi connectivity index (χ2v) is 5.47. The molecule has 2 atom stereocenters. The van der Waals surface area contributed by atoms with E-state index in [0.717, 1.165) is 18.9 Å². The smallest absolute Gasteiger partial charge is 0.399 e. The van der Waals surface area contributed by atoms with Crippen LogP contribution in [0, 0.1) is 11.8 Å². The van der Waals surface area contributed by atoms with Gasteiger partial charge in [-0.1, -0.05) is 13.3 Å². The fourth-order valence-corrected chi connectivity index (χ4v) is 2.72. The summed E-state index contributed by atoms with van der Waals surface area (Å²) in [5, 5.41) is 2.93. The third-order valence-electron chi connectivity index (χ3n) is 3.73. The van der Waals surface area contributed by atoms with Crippen LogP contribution in [0.15, 0.2) is 18.2 Å². The highest BCUT2D eigenvalue weighted by atomic mass is 19.4. The number of alkyl halides is 3. The van der Waals surface area contributed by atoms with Gasteiger partial charge < -0.3 is 11.1 Å². The highest BCUT2D eigenvalue weighted by Crippen LogP contribution is 2.37. The SMILES string of the molecule is CC1CCC(CNc2ccc(N)cc2C(F)(F)F)C1. The molecule has 0 amide bonds. The van der Waals surface area contributed by atoms with Crippen LogP contribution in [0.1, 0.15) is 31.7 Å². The summed E-state index contributed by atoms with van der Waals surface area (Å²) >= 11 is 0. The van der Waals surface area contributed by atoms with Crippen LogP contribution < -0.4 is 11.1 Å².